The molecule has 3 nitrogen and oxygen atoms in total. The Hall–Kier alpha value is -1.35. The lowest BCUT2D eigenvalue weighted by Crippen LogP contribution is -2.19. The van der Waals surface area contributed by atoms with E-state index in [1.807, 2.05) is 6.07 Å². The minimum atomic E-state index is 0.142. The molecule has 2 aromatic rings. The molecule has 0 radical (unpaired) electrons. The summed E-state index contributed by atoms with van der Waals surface area (Å²) in [6, 6.07) is 6.28. The maximum atomic E-state index is 5.74. The first-order chi connectivity index (χ1) is 8.86. The highest BCUT2D eigenvalue weighted by Crippen LogP contribution is 2.26. The van der Waals surface area contributed by atoms with Gasteiger partial charge in [0, 0.05) is 0 Å². The smallest absolute Gasteiger partial charge is 0.209 e. The molecule has 0 spiro atoms. The predicted octanol–water partition coefficient (Wildman–Crippen LogP) is 3.87. The van der Waals surface area contributed by atoms with Gasteiger partial charge in [-0.3, -0.25) is 0 Å². The molecule has 2 rings (SSSR count). The average Bonchev–Trinajstić information content (AvgIpc) is 2.68. The molecule has 0 aliphatic rings. The number of benzene rings is 1. The van der Waals surface area contributed by atoms with Gasteiger partial charge >= 0.3 is 0 Å². The van der Waals surface area contributed by atoms with Crippen molar-refractivity contribution in [3.63, 3.8) is 0 Å². The Morgan fingerprint density at radius 2 is 2.00 bits per heavy atom. The van der Waals surface area contributed by atoms with Crippen LogP contribution in [0.5, 0.6) is 0 Å². The van der Waals surface area contributed by atoms with Crippen molar-refractivity contribution in [3.05, 3.63) is 29.7 Å². The van der Waals surface area contributed by atoms with E-state index in [9.17, 15) is 0 Å². The summed E-state index contributed by atoms with van der Waals surface area (Å²) < 4.78 is 5.74. The van der Waals surface area contributed by atoms with Gasteiger partial charge in [0.05, 0.1) is 6.54 Å². The van der Waals surface area contributed by atoms with Crippen LogP contribution in [0.15, 0.2) is 22.6 Å². The molecule has 1 N–H and O–H groups in total. The summed E-state index contributed by atoms with van der Waals surface area (Å²) >= 11 is 0. The van der Waals surface area contributed by atoms with E-state index in [2.05, 4.69) is 57.1 Å². The Bertz CT molecular complexity index is 549. The molecule has 1 aromatic carbocycles. The van der Waals surface area contributed by atoms with Crippen molar-refractivity contribution in [3.8, 4) is 0 Å². The second kappa shape index (κ2) is 5.33. The van der Waals surface area contributed by atoms with Gasteiger partial charge in [0.1, 0.15) is 5.52 Å². The molecule has 0 aliphatic carbocycles. The van der Waals surface area contributed by atoms with Gasteiger partial charge in [-0.25, -0.2) is 4.98 Å². The summed E-state index contributed by atoms with van der Waals surface area (Å²) in [5.41, 5.74) is 3.25. The zero-order valence-electron chi connectivity index (χ0n) is 12.6. The lowest BCUT2D eigenvalue weighted by Gasteiger charge is -2.18. The van der Waals surface area contributed by atoms with Crippen LogP contribution in [0.2, 0.25) is 0 Å². The van der Waals surface area contributed by atoms with E-state index in [4.69, 9.17) is 4.42 Å². The largest absolute Gasteiger partial charge is 0.439 e. The van der Waals surface area contributed by atoms with Gasteiger partial charge < -0.3 is 9.73 Å². The second-order valence-electron chi connectivity index (χ2n) is 6.56. The zero-order valence-corrected chi connectivity index (χ0v) is 12.6. The number of fused-ring (bicyclic) bond motifs is 1. The summed E-state index contributed by atoms with van der Waals surface area (Å²) in [4.78, 5) is 4.55. The minimum Gasteiger partial charge on any atom is -0.439 e. The Balaban J connectivity index is 2.16. The van der Waals surface area contributed by atoms with Crippen LogP contribution in [-0.2, 0) is 12.0 Å². The maximum Gasteiger partial charge on any atom is 0.209 e. The molecular formula is C16H24N2O. The van der Waals surface area contributed by atoms with E-state index in [1.165, 1.54) is 5.56 Å². The molecule has 0 fully saturated rings. The molecule has 104 valence electrons. The van der Waals surface area contributed by atoms with Gasteiger partial charge in [-0.1, -0.05) is 40.7 Å². The van der Waals surface area contributed by atoms with Gasteiger partial charge in [-0.05, 0) is 35.6 Å². The van der Waals surface area contributed by atoms with Crippen LogP contribution in [0.25, 0.3) is 11.1 Å². The van der Waals surface area contributed by atoms with Gasteiger partial charge in [-0.2, -0.15) is 0 Å². The molecule has 0 amide bonds. The first kappa shape index (κ1) is 14.1. The van der Waals surface area contributed by atoms with Crippen molar-refractivity contribution >= 4 is 11.1 Å². The van der Waals surface area contributed by atoms with Crippen LogP contribution < -0.4 is 5.32 Å². The Kier molecular flexibility index (Phi) is 3.95. The number of rotatable bonds is 4. The quantitative estimate of drug-likeness (QED) is 0.906. The molecule has 19 heavy (non-hydrogen) atoms. The van der Waals surface area contributed by atoms with Crippen LogP contribution in [0, 0.1) is 5.92 Å². The lowest BCUT2D eigenvalue weighted by atomic mass is 9.87. The lowest BCUT2D eigenvalue weighted by molar-refractivity contribution is 0.471. The van der Waals surface area contributed by atoms with Gasteiger partial charge in [0.15, 0.2) is 5.58 Å². The van der Waals surface area contributed by atoms with Crippen molar-refractivity contribution in [2.75, 3.05) is 6.54 Å². The predicted molar refractivity (Wildman–Crippen MR) is 79.3 cm³/mol. The Morgan fingerprint density at radius 3 is 2.63 bits per heavy atom. The van der Waals surface area contributed by atoms with Gasteiger partial charge in [-0.15, -0.1) is 0 Å². The summed E-state index contributed by atoms with van der Waals surface area (Å²) in [6.45, 7) is 12.7. The van der Waals surface area contributed by atoms with Crippen molar-refractivity contribution < 1.29 is 4.42 Å². The first-order valence-corrected chi connectivity index (χ1v) is 6.97. The summed E-state index contributed by atoms with van der Waals surface area (Å²) in [7, 11) is 0. The van der Waals surface area contributed by atoms with E-state index in [1.54, 1.807) is 0 Å². The molecule has 1 heterocycles. The van der Waals surface area contributed by atoms with E-state index >= 15 is 0 Å². The van der Waals surface area contributed by atoms with E-state index in [0.717, 1.165) is 23.5 Å². The number of hydrogen-bond donors (Lipinski definition) is 1. The van der Waals surface area contributed by atoms with Crippen molar-refractivity contribution in [2.45, 2.75) is 46.6 Å². The maximum absolute atomic E-state index is 5.74. The molecule has 0 unspecified atom stereocenters. The van der Waals surface area contributed by atoms with E-state index < -0.39 is 0 Å². The zero-order chi connectivity index (χ0) is 14.0. The van der Waals surface area contributed by atoms with Crippen LogP contribution in [-0.4, -0.2) is 11.5 Å². The number of oxazole rings is 1. The third-order valence-corrected chi connectivity index (χ3v) is 3.13. The van der Waals surface area contributed by atoms with Crippen molar-refractivity contribution in [1.29, 1.82) is 0 Å². The van der Waals surface area contributed by atoms with Crippen LogP contribution in [0.4, 0.5) is 0 Å². The monoisotopic (exact) mass is 260 g/mol. The molecule has 0 saturated carbocycles. The number of hydrogen-bond acceptors (Lipinski definition) is 3. The van der Waals surface area contributed by atoms with Gasteiger partial charge in [0.25, 0.3) is 0 Å². The summed E-state index contributed by atoms with van der Waals surface area (Å²) in [5, 5.41) is 3.35. The number of aromatic nitrogens is 1. The fourth-order valence-corrected chi connectivity index (χ4v) is 1.99. The van der Waals surface area contributed by atoms with Crippen LogP contribution in [0.3, 0.4) is 0 Å². The third-order valence-electron chi connectivity index (χ3n) is 3.13. The molecule has 0 aliphatic heterocycles. The van der Waals surface area contributed by atoms with E-state index in [0.29, 0.717) is 12.5 Å². The molecule has 1 aromatic heterocycles. The fourth-order valence-electron chi connectivity index (χ4n) is 1.99. The SMILES string of the molecule is CC(C)CNCc1nc2cc(C(C)(C)C)ccc2o1. The standard InChI is InChI=1S/C16H24N2O/c1-11(2)9-17-10-15-18-13-8-12(16(3,4)5)6-7-14(13)19-15/h6-8,11,17H,9-10H2,1-5H3. The molecule has 0 saturated heterocycles. The molecule has 3 heteroatoms. The first-order valence-electron chi connectivity index (χ1n) is 6.97. The molecular weight excluding hydrogens is 236 g/mol. The summed E-state index contributed by atoms with van der Waals surface area (Å²) in [6.07, 6.45) is 0. The van der Waals surface area contributed by atoms with Crippen molar-refractivity contribution in [1.82, 2.24) is 10.3 Å². The van der Waals surface area contributed by atoms with E-state index in [-0.39, 0.29) is 5.41 Å². The Labute approximate surface area is 115 Å². The fraction of sp³-hybridized carbons (Fsp3) is 0.562. The highest BCUT2D eigenvalue weighted by atomic mass is 16.3. The Morgan fingerprint density at radius 1 is 1.26 bits per heavy atom. The van der Waals surface area contributed by atoms with Crippen LogP contribution >= 0.6 is 0 Å². The molecule has 0 bridgehead atoms. The highest BCUT2D eigenvalue weighted by molar-refractivity contribution is 5.73. The second-order valence-corrected chi connectivity index (χ2v) is 6.56. The number of nitrogens with zero attached hydrogens (tertiary/aromatic N) is 1. The normalized spacial score (nSPS) is 12.5. The van der Waals surface area contributed by atoms with Crippen molar-refractivity contribution in [2.24, 2.45) is 5.92 Å². The van der Waals surface area contributed by atoms with Gasteiger partial charge in [0.2, 0.25) is 5.89 Å². The minimum absolute atomic E-state index is 0.142. The third kappa shape index (κ3) is 3.57. The summed E-state index contributed by atoms with van der Waals surface area (Å²) in [5.74, 6) is 1.40. The molecule has 0 atom stereocenters. The highest BCUT2D eigenvalue weighted by Gasteiger charge is 2.15. The van der Waals surface area contributed by atoms with Crippen LogP contribution in [0.1, 0.15) is 46.1 Å². The topological polar surface area (TPSA) is 38.1 Å². The number of nitrogens with one attached hydrogen (secondary N) is 1. The average molecular weight is 260 g/mol.